The Labute approximate surface area is 65.0 Å². The average Bonchev–Trinajstić information content (AvgIpc) is 2.55. The maximum absolute atomic E-state index is 3.94. The molecule has 3 nitrogen and oxygen atoms in total. The van der Waals surface area contributed by atoms with Gasteiger partial charge in [-0.1, -0.05) is 0 Å². The molecule has 1 aliphatic heterocycles. The second-order valence-electron chi connectivity index (χ2n) is 2.48. The maximum Gasteiger partial charge on any atom is 0.0960 e. The number of hydrogen-bond donors (Lipinski definition) is 0. The van der Waals surface area contributed by atoms with E-state index in [0.717, 1.165) is 11.3 Å². The molecule has 3 heteroatoms. The van der Waals surface area contributed by atoms with Crippen LogP contribution in [0.3, 0.4) is 0 Å². The van der Waals surface area contributed by atoms with Gasteiger partial charge in [-0.05, 0) is 12.1 Å². The van der Waals surface area contributed by atoms with Gasteiger partial charge in [0.15, 0.2) is 0 Å². The summed E-state index contributed by atoms with van der Waals surface area (Å²) in [6.07, 6.45) is 7.60. The molecule has 0 saturated carbocycles. The highest BCUT2D eigenvalue weighted by Crippen LogP contribution is 2.05. The van der Waals surface area contributed by atoms with Crippen molar-refractivity contribution >= 4 is 5.71 Å². The van der Waals surface area contributed by atoms with E-state index in [1.807, 2.05) is 36.2 Å². The van der Waals surface area contributed by atoms with E-state index >= 15 is 0 Å². The van der Waals surface area contributed by atoms with Gasteiger partial charge in [-0.3, -0.25) is 0 Å². The monoisotopic (exact) mass is 146 g/mol. The van der Waals surface area contributed by atoms with Gasteiger partial charge >= 0.3 is 0 Å². The lowest BCUT2D eigenvalue weighted by Gasteiger charge is -1.88. The third-order valence-electron chi connectivity index (χ3n) is 1.59. The van der Waals surface area contributed by atoms with Gasteiger partial charge in [-0.15, -0.1) is 0 Å². The second kappa shape index (κ2) is 2.27. The minimum atomic E-state index is 0.936. The van der Waals surface area contributed by atoms with E-state index in [4.69, 9.17) is 0 Å². The Bertz CT molecular complexity index is 320. The second-order valence-corrected chi connectivity index (χ2v) is 2.48. The van der Waals surface area contributed by atoms with E-state index in [1.54, 1.807) is 6.20 Å². The third kappa shape index (κ3) is 1.05. The van der Waals surface area contributed by atoms with Gasteiger partial charge in [0.05, 0.1) is 11.9 Å². The Hall–Kier alpha value is -1.51. The Kier molecular flexibility index (Phi) is 1.28. The summed E-state index contributed by atoms with van der Waals surface area (Å²) < 4.78 is 1.99. The third-order valence-corrected chi connectivity index (χ3v) is 1.59. The van der Waals surface area contributed by atoms with Crippen molar-refractivity contribution in [3.8, 4) is 0 Å². The van der Waals surface area contributed by atoms with Gasteiger partial charge < -0.3 is 4.57 Å². The largest absolute Gasteiger partial charge is 0.357 e. The molecule has 1 aromatic rings. The first-order chi connectivity index (χ1) is 5.36. The molecular formula is C8H8N3. The number of rotatable bonds is 1. The molecule has 0 amide bonds. The molecule has 11 heavy (non-hydrogen) atoms. The smallest absolute Gasteiger partial charge is 0.0960 e. The molecular weight excluding hydrogens is 138 g/mol. The minimum absolute atomic E-state index is 0.936. The average molecular weight is 146 g/mol. The van der Waals surface area contributed by atoms with Gasteiger partial charge in [-0.25, -0.2) is 0 Å². The first-order valence-corrected chi connectivity index (χ1v) is 3.43. The molecule has 2 heterocycles. The van der Waals surface area contributed by atoms with Gasteiger partial charge in [0, 0.05) is 25.0 Å². The molecule has 1 radical (unpaired) electrons. The van der Waals surface area contributed by atoms with E-state index < -0.39 is 0 Å². The fraction of sp³-hybridized carbons (Fsp3) is 0.125. The highest BCUT2D eigenvalue weighted by molar-refractivity contribution is 6.09. The van der Waals surface area contributed by atoms with Crippen molar-refractivity contribution in [2.45, 2.75) is 0 Å². The van der Waals surface area contributed by atoms with Crippen LogP contribution >= 0.6 is 0 Å². The van der Waals surface area contributed by atoms with E-state index in [1.165, 1.54) is 0 Å². The molecule has 0 N–H and O–H groups in total. The predicted octanol–water partition coefficient (Wildman–Crippen LogP) is 0.861. The molecule has 0 aromatic carbocycles. The first kappa shape index (κ1) is 6.22. The quantitative estimate of drug-likeness (QED) is 0.562. The fourth-order valence-electron chi connectivity index (χ4n) is 1.04. The summed E-state index contributed by atoms with van der Waals surface area (Å²) in [6.45, 7) is 0. The zero-order valence-electron chi connectivity index (χ0n) is 6.23. The molecule has 0 bridgehead atoms. The number of hydrogen-bond acceptors (Lipinski definition) is 1. The van der Waals surface area contributed by atoms with Crippen molar-refractivity contribution in [1.82, 2.24) is 9.99 Å². The minimum Gasteiger partial charge on any atom is -0.357 e. The summed E-state index contributed by atoms with van der Waals surface area (Å²) in [5.74, 6) is 0. The normalized spacial score (nSPS) is 14.8. The van der Waals surface area contributed by atoms with Crippen molar-refractivity contribution in [1.29, 1.82) is 0 Å². The molecule has 0 atom stereocenters. The van der Waals surface area contributed by atoms with Crippen LogP contribution in [0.2, 0.25) is 0 Å². The summed E-state index contributed by atoms with van der Waals surface area (Å²) >= 11 is 0. The lowest BCUT2D eigenvalue weighted by Crippen LogP contribution is -1.91. The molecule has 55 valence electrons. The predicted molar refractivity (Wildman–Crippen MR) is 43.2 cm³/mol. The Balaban J connectivity index is 2.36. The van der Waals surface area contributed by atoms with E-state index in [0.29, 0.717) is 0 Å². The summed E-state index contributed by atoms with van der Waals surface area (Å²) in [5, 5.41) is 3.94. The first-order valence-electron chi connectivity index (χ1n) is 3.43. The van der Waals surface area contributed by atoms with Crippen molar-refractivity contribution < 1.29 is 0 Å². The van der Waals surface area contributed by atoms with Crippen molar-refractivity contribution in [3.63, 3.8) is 0 Å². The Morgan fingerprint density at radius 3 is 2.91 bits per heavy atom. The Morgan fingerprint density at radius 2 is 2.36 bits per heavy atom. The van der Waals surface area contributed by atoms with Crippen LogP contribution < -0.4 is 5.43 Å². The summed E-state index contributed by atoms with van der Waals surface area (Å²) in [4.78, 5) is 0. The topological polar surface area (TPSA) is 31.4 Å². The van der Waals surface area contributed by atoms with Gasteiger partial charge in [-0.2, -0.15) is 10.5 Å². The van der Waals surface area contributed by atoms with Crippen LogP contribution in [-0.4, -0.2) is 10.3 Å². The summed E-state index contributed by atoms with van der Waals surface area (Å²) in [5.41, 5.74) is 5.80. The number of allylic oxidation sites excluding steroid dienone is 1. The molecule has 0 spiro atoms. The lowest BCUT2D eigenvalue weighted by atomic mass is 10.2. The van der Waals surface area contributed by atoms with Crippen LogP contribution in [-0.2, 0) is 7.05 Å². The number of aromatic nitrogens is 1. The van der Waals surface area contributed by atoms with Crippen LogP contribution in [0.4, 0.5) is 0 Å². The molecule has 0 saturated heterocycles. The van der Waals surface area contributed by atoms with Crippen LogP contribution in [0.1, 0.15) is 5.56 Å². The standard InChI is InChI=1S/C8H8N3/c1-11-5-3-7(6-11)8-2-4-9-10-8/h2-6H,1H3. The number of aryl methyl sites for hydroxylation is 1. The van der Waals surface area contributed by atoms with E-state index in [2.05, 4.69) is 10.5 Å². The zero-order valence-corrected chi connectivity index (χ0v) is 6.23. The lowest BCUT2D eigenvalue weighted by molar-refractivity contribution is 0.926. The van der Waals surface area contributed by atoms with Crippen LogP contribution in [0.15, 0.2) is 35.8 Å². The molecule has 1 aliphatic rings. The summed E-state index contributed by atoms with van der Waals surface area (Å²) in [7, 11) is 1.99. The summed E-state index contributed by atoms with van der Waals surface area (Å²) in [6, 6.07) is 2.02. The highest BCUT2D eigenvalue weighted by atomic mass is 15.3. The van der Waals surface area contributed by atoms with Crippen molar-refractivity contribution in [2.75, 3.05) is 0 Å². The molecule has 2 rings (SSSR count). The zero-order chi connectivity index (χ0) is 7.68. The maximum atomic E-state index is 3.94. The Morgan fingerprint density at radius 1 is 1.45 bits per heavy atom. The van der Waals surface area contributed by atoms with Gasteiger partial charge in [0.1, 0.15) is 0 Å². The highest BCUT2D eigenvalue weighted by Gasteiger charge is 2.04. The molecule has 0 unspecified atom stereocenters. The SMILES string of the molecule is Cn1ccc(C2=N[N]C=C2)c1. The molecule has 0 aliphatic carbocycles. The van der Waals surface area contributed by atoms with Crippen LogP contribution in [0.5, 0.6) is 0 Å². The van der Waals surface area contributed by atoms with Crippen LogP contribution in [0, 0.1) is 0 Å². The van der Waals surface area contributed by atoms with E-state index in [9.17, 15) is 0 Å². The van der Waals surface area contributed by atoms with Crippen LogP contribution in [0.25, 0.3) is 0 Å². The van der Waals surface area contributed by atoms with Gasteiger partial charge in [0.2, 0.25) is 0 Å². The number of nitrogens with zero attached hydrogens (tertiary/aromatic N) is 3. The van der Waals surface area contributed by atoms with Gasteiger partial charge in [0.25, 0.3) is 0 Å². The van der Waals surface area contributed by atoms with Crippen molar-refractivity contribution in [2.24, 2.45) is 12.1 Å². The van der Waals surface area contributed by atoms with Crippen molar-refractivity contribution in [3.05, 3.63) is 36.3 Å². The van der Waals surface area contributed by atoms with E-state index in [-0.39, 0.29) is 0 Å². The molecule has 0 fully saturated rings. The molecule has 1 aromatic heterocycles. The fourth-order valence-corrected chi connectivity index (χ4v) is 1.04.